The molecule has 0 spiro atoms. The topological polar surface area (TPSA) is 24.5 Å². The first kappa shape index (κ1) is 17.9. The van der Waals surface area contributed by atoms with E-state index in [0.717, 1.165) is 38.1 Å². The first-order chi connectivity index (χ1) is 9.63. The van der Waals surface area contributed by atoms with Crippen molar-refractivity contribution in [2.45, 2.75) is 65.5 Å². The van der Waals surface area contributed by atoms with Crippen molar-refractivity contribution in [1.82, 2.24) is 10.2 Å². The number of ether oxygens (including phenoxy) is 1. The molecule has 0 aliphatic heterocycles. The molecule has 0 aromatic carbocycles. The number of rotatable bonds is 9. The normalized spacial score (nSPS) is 27.4. The molecular weight excluding hydrogens is 248 g/mol. The lowest BCUT2D eigenvalue weighted by atomic mass is 9.76. The number of nitrogens with zero attached hydrogens (tertiary/aromatic N) is 1. The van der Waals surface area contributed by atoms with Gasteiger partial charge in [-0.1, -0.05) is 27.7 Å². The second kappa shape index (κ2) is 9.75. The fraction of sp³-hybridized carbons (Fsp3) is 1.00. The smallest absolute Gasteiger partial charge is 0.0589 e. The van der Waals surface area contributed by atoms with Crippen molar-refractivity contribution in [2.24, 2.45) is 11.8 Å². The molecular formula is C17H36N2O. The summed E-state index contributed by atoms with van der Waals surface area (Å²) in [7, 11) is 1.80. The van der Waals surface area contributed by atoms with Gasteiger partial charge in [0.25, 0.3) is 0 Å². The van der Waals surface area contributed by atoms with E-state index in [4.69, 9.17) is 4.74 Å². The molecule has 1 rings (SSSR count). The third-order valence-corrected chi connectivity index (χ3v) is 4.91. The third kappa shape index (κ3) is 5.34. The molecule has 20 heavy (non-hydrogen) atoms. The first-order valence-electron chi connectivity index (χ1n) is 8.60. The zero-order chi connectivity index (χ0) is 15.0. The SMILES string of the molecule is CCCNC1CCC(C(C)C)CC1N(CC)CCOC. The van der Waals surface area contributed by atoms with Crippen LogP contribution in [0.1, 0.15) is 53.4 Å². The second-order valence-electron chi connectivity index (χ2n) is 6.57. The molecule has 3 unspecified atom stereocenters. The standard InChI is InChI=1S/C17H36N2O/c1-6-10-18-16-9-8-15(14(3)4)13-17(16)19(7-2)11-12-20-5/h14-18H,6-13H2,1-5H3. The number of hydrogen-bond acceptors (Lipinski definition) is 3. The summed E-state index contributed by atoms with van der Waals surface area (Å²) < 4.78 is 5.29. The third-order valence-electron chi connectivity index (χ3n) is 4.91. The van der Waals surface area contributed by atoms with E-state index in [2.05, 4.69) is 37.9 Å². The molecule has 1 aliphatic carbocycles. The molecule has 0 radical (unpaired) electrons. The highest BCUT2D eigenvalue weighted by molar-refractivity contribution is 4.91. The van der Waals surface area contributed by atoms with Gasteiger partial charge in [-0.3, -0.25) is 4.90 Å². The van der Waals surface area contributed by atoms with Crippen molar-refractivity contribution < 1.29 is 4.74 Å². The lowest BCUT2D eigenvalue weighted by molar-refractivity contribution is 0.0628. The van der Waals surface area contributed by atoms with Crippen LogP contribution in [0.25, 0.3) is 0 Å². The van der Waals surface area contributed by atoms with Gasteiger partial charge in [0.2, 0.25) is 0 Å². The maximum atomic E-state index is 5.29. The first-order valence-corrected chi connectivity index (χ1v) is 8.60. The Hall–Kier alpha value is -0.120. The summed E-state index contributed by atoms with van der Waals surface area (Å²) in [5.41, 5.74) is 0. The summed E-state index contributed by atoms with van der Waals surface area (Å²) in [6, 6.07) is 1.35. The lowest BCUT2D eigenvalue weighted by Gasteiger charge is -2.44. The maximum absolute atomic E-state index is 5.29. The van der Waals surface area contributed by atoms with Crippen LogP contribution >= 0.6 is 0 Å². The zero-order valence-electron chi connectivity index (χ0n) is 14.3. The molecule has 120 valence electrons. The van der Waals surface area contributed by atoms with Gasteiger partial charge in [0.05, 0.1) is 6.61 Å². The molecule has 0 saturated heterocycles. The van der Waals surface area contributed by atoms with Crippen molar-refractivity contribution >= 4 is 0 Å². The Kier molecular flexibility index (Phi) is 8.74. The van der Waals surface area contributed by atoms with Crippen LogP contribution in [0.15, 0.2) is 0 Å². The van der Waals surface area contributed by atoms with Crippen molar-refractivity contribution in [3.8, 4) is 0 Å². The Labute approximate surface area is 126 Å². The Morgan fingerprint density at radius 2 is 2.00 bits per heavy atom. The summed E-state index contributed by atoms with van der Waals surface area (Å²) in [5, 5.41) is 3.79. The average Bonchev–Trinajstić information content (AvgIpc) is 2.46. The average molecular weight is 284 g/mol. The molecule has 1 N–H and O–H groups in total. The van der Waals surface area contributed by atoms with Crippen LogP contribution in [0.4, 0.5) is 0 Å². The van der Waals surface area contributed by atoms with Gasteiger partial charge in [-0.25, -0.2) is 0 Å². The Balaban J connectivity index is 2.67. The molecule has 0 amide bonds. The van der Waals surface area contributed by atoms with E-state index in [1.165, 1.54) is 25.7 Å². The van der Waals surface area contributed by atoms with Gasteiger partial charge in [0.1, 0.15) is 0 Å². The van der Waals surface area contributed by atoms with Crippen LogP contribution in [0.3, 0.4) is 0 Å². The minimum absolute atomic E-state index is 0.668. The van der Waals surface area contributed by atoms with Gasteiger partial charge in [0.15, 0.2) is 0 Å². The lowest BCUT2D eigenvalue weighted by Crippen LogP contribution is -2.54. The number of nitrogens with one attached hydrogen (secondary N) is 1. The maximum Gasteiger partial charge on any atom is 0.0589 e. The van der Waals surface area contributed by atoms with Crippen LogP contribution in [0.2, 0.25) is 0 Å². The Morgan fingerprint density at radius 1 is 1.25 bits per heavy atom. The fourth-order valence-corrected chi connectivity index (χ4v) is 3.52. The van der Waals surface area contributed by atoms with Crippen molar-refractivity contribution in [3.63, 3.8) is 0 Å². The second-order valence-corrected chi connectivity index (χ2v) is 6.57. The quantitative estimate of drug-likeness (QED) is 0.704. The fourth-order valence-electron chi connectivity index (χ4n) is 3.52. The summed E-state index contributed by atoms with van der Waals surface area (Å²) >= 11 is 0. The van der Waals surface area contributed by atoms with Gasteiger partial charge in [-0.15, -0.1) is 0 Å². The number of hydrogen-bond donors (Lipinski definition) is 1. The zero-order valence-corrected chi connectivity index (χ0v) is 14.3. The van der Waals surface area contributed by atoms with Crippen molar-refractivity contribution in [3.05, 3.63) is 0 Å². The monoisotopic (exact) mass is 284 g/mol. The molecule has 1 fully saturated rings. The van der Waals surface area contributed by atoms with E-state index in [9.17, 15) is 0 Å². The highest BCUT2D eigenvalue weighted by Gasteiger charge is 2.34. The summed E-state index contributed by atoms with van der Waals surface area (Å²) in [6.07, 6.45) is 5.28. The van der Waals surface area contributed by atoms with E-state index >= 15 is 0 Å². The molecule has 3 heteroatoms. The predicted octanol–water partition coefficient (Wildman–Crippen LogP) is 3.15. The molecule has 3 nitrogen and oxygen atoms in total. The Morgan fingerprint density at radius 3 is 2.55 bits per heavy atom. The molecule has 1 aliphatic rings. The Bertz CT molecular complexity index is 235. The molecule has 0 aromatic heterocycles. The molecule has 0 bridgehead atoms. The van der Waals surface area contributed by atoms with Crippen LogP contribution in [-0.4, -0.2) is 50.3 Å². The van der Waals surface area contributed by atoms with Gasteiger partial charge in [-0.05, 0) is 50.6 Å². The summed E-state index contributed by atoms with van der Waals surface area (Å²) in [6.45, 7) is 13.5. The molecule has 3 atom stereocenters. The number of likely N-dealkylation sites (N-methyl/N-ethyl adjacent to an activating group) is 1. The predicted molar refractivity (Wildman–Crippen MR) is 87.2 cm³/mol. The molecule has 0 heterocycles. The number of methoxy groups -OCH3 is 1. The van der Waals surface area contributed by atoms with Crippen LogP contribution in [0, 0.1) is 11.8 Å². The van der Waals surface area contributed by atoms with Crippen molar-refractivity contribution in [1.29, 1.82) is 0 Å². The minimum atomic E-state index is 0.668. The largest absolute Gasteiger partial charge is 0.383 e. The van der Waals surface area contributed by atoms with Gasteiger partial charge >= 0.3 is 0 Å². The highest BCUT2D eigenvalue weighted by atomic mass is 16.5. The summed E-state index contributed by atoms with van der Waals surface area (Å²) in [4.78, 5) is 2.63. The molecule has 1 saturated carbocycles. The van der Waals surface area contributed by atoms with Gasteiger partial charge < -0.3 is 10.1 Å². The molecule has 0 aromatic rings. The summed E-state index contributed by atoms with van der Waals surface area (Å²) in [5.74, 6) is 1.70. The van der Waals surface area contributed by atoms with E-state index in [-0.39, 0.29) is 0 Å². The van der Waals surface area contributed by atoms with E-state index in [0.29, 0.717) is 12.1 Å². The van der Waals surface area contributed by atoms with Crippen LogP contribution in [-0.2, 0) is 4.74 Å². The van der Waals surface area contributed by atoms with E-state index in [1.807, 2.05) is 0 Å². The van der Waals surface area contributed by atoms with E-state index < -0.39 is 0 Å². The van der Waals surface area contributed by atoms with Crippen molar-refractivity contribution in [2.75, 3.05) is 33.4 Å². The van der Waals surface area contributed by atoms with Crippen LogP contribution < -0.4 is 5.32 Å². The van der Waals surface area contributed by atoms with Crippen LogP contribution in [0.5, 0.6) is 0 Å². The highest BCUT2D eigenvalue weighted by Crippen LogP contribution is 2.32. The minimum Gasteiger partial charge on any atom is -0.383 e. The van der Waals surface area contributed by atoms with E-state index in [1.54, 1.807) is 7.11 Å². The van der Waals surface area contributed by atoms with Gasteiger partial charge in [-0.2, -0.15) is 0 Å². The van der Waals surface area contributed by atoms with Gasteiger partial charge in [0, 0.05) is 25.7 Å².